The van der Waals surface area contributed by atoms with E-state index >= 15 is 0 Å². The summed E-state index contributed by atoms with van der Waals surface area (Å²) in [5.74, 6) is 0. The van der Waals surface area contributed by atoms with Gasteiger partial charge < -0.3 is 28.7 Å². The average Bonchev–Trinajstić information content (AvgIpc) is 2.40. The van der Waals surface area contributed by atoms with Gasteiger partial charge in [0, 0.05) is 0 Å². The molecule has 0 fully saturated rings. The molecule has 0 amide bonds. The molecule has 2 aromatic carbocycles. The summed E-state index contributed by atoms with van der Waals surface area (Å²) in [4.78, 5) is 41.2. The maximum absolute atomic E-state index is 10.3. The number of benzene rings is 2. The minimum atomic E-state index is -4.52. The second kappa shape index (κ2) is 9.05. The Labute approximate surface area is 145 Å². The molecule has 0 bridgehead atoms. The smallest absolute Gasteiger partial charge is 0.807 e. The predicted octanol–water partition coefficient (Wildman–Crippen LogP) is -1.55. The number of rotatable bonds is 2. The summed E-state index contributed by atoms with van der Waals surface area (Å²) in [7, 11) is -9.04. The van der Waals surface area contributed by atoms with Crippen LogP contribution < -0.4 is 30.2 Å². The summed E-state index contributed by atoms with van der Waals surface area (Å²) in [5, 5.41) is -0.315. The van der Waals surface area contributed by atoms with Gasteiger partial charge in [0.1, 0.15) is 0 Å². The van der Waals surface area contributed by atoms with Crippen molar-refractivity contribution in [2.75, 3.05) is 0 Å². The summed E-state index contributed by atoms with van der Waals surface area (Å²) in [6, 6.07) is 14.5. The fraction of sp³-hybridized carbons (Fsp3) is 0. The molecule has 21 heavy (non-hydrogen) atoms. The van der Waals surface area contributed by atoms with Crippen LogP contribution in [0, 0.1) is 31.1 Å². The Bertz CT molecular complexity index is 565. The number of hydrogen-bond donors (Lipinski definition) is 0. The van der Waals surface area contributed by atoms with Crippen molar-refractivity contribution >= 4 is 25.8 Å². The molecular weight excluding hydrogens is 540 g/mol. The minimum absolute atomic E-state index is 0. The largest absolute Gasteiger partial charge is 4.00 e. The van der Waals surface area contributed by atoms with Crippen molar-refractivity contribution in [3.05, 3.63) is 60.7 Å². The monoisotopic (exact) mass is 550 g/mol. The van der Waals surface area contributed by atoms with E-state index in [1.54, 1.807) is 12.1 Å². The summed E-state index contributed by atoms with van der Waals surface area (Å²) in [6.45, 7) is 0. The Balaban J connectivity index is 0.000000364. The van der Waals surface area contributed by atoms with E-state index in [4.69, 9.17) is 0 Å². The van der Waals surface area contributed by atoms with Gasteiger partial charge >= 0.3 is 31.1 Å². The first-order valence-electron chi connectivity index (χ1n) is 5.36. The fourth-order valence-corrected chi connectivity index (χ4v) is 2.30. The van der Waals surface area contributed by atoms with Gasteiger partial charge in [-0.15, -0.1) is 0 Å². The third-order valence-electron chi connectivity index (χ3n) is 2.14. The molecule has 9 heteroatoms. The summed E-state index contributed by atoms with van der Waals surface area (Å²) < 4.78 is 20.6. The zero-order chi connectivity index (χ0) is 15.2. The maximum atomic E-state index is 10.3. The van der Waals surface area contributed by atoms with Gasteiger partial charge in [0.15, 0.2) is 0 Å². The Morgan fingerprint density at radius 1 is 0.571 bits per heavy atom. The zero-order valence-electron chi connectivity index (χ0n) is 10.6. The Morgan fingerprint density at radius 3 is 0.952 bits per heavy atom. The quantitative estimate of drug-likeness (QED) is 0.417. The first-order chi connectivity index (χ1) is 9.21. The second-order valence-corrected chi connectivity index (χ2v) is 6.69. The Hall–Kier alpha value is -0.208. The zero-order valence-corrected chi connectivity index (χ0v) is 16.6. The fourth-order valence-electron chi connectivity index (χ4n) is 1.22. The Kier molecular flexibility index (Phi) is 8.96. The van der Waals surface area contributed by atoms with E-state index in [0.717, 1.165) is 0 Å². The van der Waals surface area contributed by atoms with Gasteiger partial charge in [-0.1, -0.05) is 60.7 Å². The van der Waals surface area contributed by atoms with Crippen LogP contribution in [0.4, 0.5) is 0 Å². The first kappa shape index (κ1) is 20.8. The standard InChI is InChI=1S/2C6H7O3P.U/c2*7-10(8,9)6-4-2-1-3-5-6;/h2*1-5H,(H2,7,8,9);/q;;+4/p-4. The van der Waals surface area contributed by atoms with Gasteiger partial charge in [0.05, 0.1) is 0 Å². The van der Waals surface area contributed by atoms with E-state index in [0.29, 0.717) is 0 Å². The van der Waals surface area contributed by atoms with Crippen molar-refractivity contribution in [2.45, 2.75) is 0 Å². The molecule has 108 valence electrons. The molecule has 0 aromatic heterocycles. The van der Waals surface area contributed by atoms with Crippen molar-refractivity contribution in [1.29, 1.82) is 0 Å². The van der Waals surface area contributed by atoms with Gasteiger partial charge in [-0.3, -0.25) is 0 Å². The molecule has 0 N–H and O–H groups in total. The molecule has 0 saturated heterocycles. The van der Waals surface area contributed by atoms with Gasteiger partial charge in [0.25, 0.3) is 0 Å². The third-order valence-corrected chi connectivity index (χ3v) is 4.01. The predicted molar refractivity (Wildman–Crippen MR) is 67.4 cm³/mol. The van der Waals surface area contributed by atoms with Crippen LogP contribution in [0.1, 0.15) is 0 Å². The van der Waals surface area contributed by atoms with E-state index in [2.05, 4.69) is 0 Å². The molecular formula is C12H10O6P2U. The minimum Gasteiger partial charge on any atom is -0.807 e. The van der Waals surface area contributed by atoms with Crippen LogP contribution in [0.15, 0.2) is 60.7 Å². The van der Waals surface area contributed by atoms with E-state index in [1.165, 1.54) is 48.5 Å². The molecule has 0 radical (unpaired) electrons. The van der Waals surface area contributed by atoms with Crippen LogP contribution in [0.2, 0.25) is 0 Å². The second-order valence-electron chi connectivity index (χ2n) is 3.67. The molecule has 0 unspecified atom stereocenters. The number of hydrogen-bond acceptors (Lipinski definition) is 6. The summed E-state index contributed by atoms with van der Waals surface area (Å²) in [6.07, 6.45) is 0. The van der Waals surface area contributed by atoms with Gasteiger partial charge in [-0.05, 0) is 25.8 Å². The molecule has 0 spiro atoms. The van der Waals surface area contributed by atoms with E-state index in [9.17, 15) is 28.7 Å². The SMILES string of the molecule is O=P([O-])([O-])c1ccccc1.O=P([O-])([O-])c1ccccc1.[U+4]. The van der Waals surface area contributed by atoms with Crippen LogP contribution in [-0.2, 0) is 9.13 Å². The van der Waals surface area contributed by atoms with E-state index < -0.39 is 15.2 Å². The normalized spacial score (nSPS) is 10.9. The van der Waals surface area contributed by atoms with Crippen LogP contribution in [0.25, 0.3) is 0 Å². The molecule has 0 aliphatic rings. The van der Waals surface area contributed by atoms with Crippen molar-refractivity contribution in [3.63, 3.8) is 0 Å². The molecule has 2 aromatic rings. The van der Waals surface area contributed by atoms with Crippen molar-refractivity contribution in [3.8, 4) is 0 Å². The molecule has 0 atom stereocenters. The van der Waals surface area contributed by atoms with Gasteiger partial charge in [-0.25, -0.2) is 0 Å². The van der Waals surface area contributed by atoms with Crippen molar-refractivity contribution in [2.24, 2.45) is 0 Å². The van der Waals surface area contributed by atoms with Crippen LogP contribution in [0.5, 0.6) is 0 Å². The van der Waals surface area contributed by atoms with Crippen LogP contribution in [-0.4, -0.2) is 0 Å². The van der Waals surface area contributed by atoms with Crippen LogP contribution in [0.3, 0.4) is 0 Å². The topological polar surface area (TPSA) is 126 Å². The molecule has 6 nitrogen and oxygen atoms in total. The summed E-state index contributed by atoms with van der Waals surface area (Å²) in [5.41, 5.74) is 0. The molecule has 2 rings (SSSR count). The third kappa shape index (κ3) is 8.11. The summed E-state index contributed by atoms with van der Waals surface area (Å²) >= 11 is 0. The van der Waals surface area contributed by atoms with Crippen molar-refractivity contribution in [1.82, 2.24) is 0 Å². The van der Waals surface area contributed by atoms with Gasteiger partial charge in [-0.2, -0.15) is 0 Å². The first-order valence-corrected chi connectivity index (χ1v) is 8.45. The van der Waals surface area contributed by atoms with Crippen molar-refractivity contribution < 1.29 is 59.8 Å². The Morgan fingerprint density at radius 2 is 0.810 bits per heavy atom. The maximum Gasteiger partial charge on any atom is 4.00 e. The van der Waals surface area contributed by atoms with E-state index in [1.807, 2.05) is 0 Å². The molecule has 0 heterocycles. The average molecular weight is 550 g/mol. The molecule has 0 aliphatic carbocycles. The molecule has 0 aliphatic heterocycles. The van der Waals surface area contributed by atoms with E-state index in [-0.39, 0.29) is 41.7 Å². The van der Waals surface area contributed by atoms with Crippen LogP contribution >= 0.6 is 15.2 Å². The molecule has 0 saturated carbocycles. The van der Waals surface area contributed by atoms with Gasteiger partial charge in [0.2, 0.25) is 0 Å².